The molecular weight excluding hydrogens is 212 g/mol. The average molecular weight is 222 g/mol. The lowest BCUT2D eigenvalue weighted by Crippen LogP contribution is -2.15. The number of thiophene rings is 1. The molecule has 5 heteroatoms. The Morgan fingerprint density at radius 1 is 1.60 bits per heavy atom. The molecule has 2 heterocycles. The molecule has 0 saturated heterocycles. The van der Waals surface area contributed by atoms with Gasteiger partial charge in [0.15, 0.2) is 0 Å². The lowest BCUT2D eigenvalue weighted by atomic mass is 10.2. The summed E-state index contributed by atoms with van der Waals surface area (Å²) in [7, 11) is 0. The Hall–Kier alpha value is -1.62. The van der Waals surface area contributed by atoms with Crippen LogP contribution >= 0.6 is 11.3 Å². The molecule has 0 aromatic carbocycles. The smallest absolute Gasteiger partial charge is 0.328 e. The fraction of sp³-hybridized carbons (Fsp3) is 0.200. The van der Waals surface area contributed by atoms with Gasteiger partial charge in [0.1, 0.15) is 6.04 Å². The number of nitrogens with zero attached hydrogens (tertiary/aromatic N) is 2. The zero-order chi connectivity index (χ0) is 10.8. The maximum atomic E-state index is 10.7. The van der Waals surface area contributed by atoms with Gasteiger partial charge in [-0.25, -0.2) is 4.79 Å². The molecule has 0 fully saturated rings. The zero-order valence-electron chi connectivity index (χ0n) is 8.12. The van der Waals surface area contributed by atoms with Crippen molar-refractivity contribution < 1.29 is 9.90 Å². The van der Waals surface area contributed by atoms with Crippen molar-refractivity contribution >= 4 is 17.3 Å². The first-order valence-electron chi connectivity index (χ1n) is 4.48. The van der Waals surface area contributed by atoms with Crippen molar-refractivity contribution in [3.05, 3.63) is 29.2 Å². The van der Waals surface area contributed by atoms with E-state index in [1.807, 2.05) is 16.8 Å². The van der Waals surface area contributed by atoms with E-state index in [9.17, 15) is 4.79 Å². The molecule has 0 saturated carbocycles. The minimum atomic E-state index is -0.880. The molecule has 0 aliphatic rings. The Kier molecular flexibility index (Phi) is 2.55. The molecule has 78 valence electrons. The Labute approximate surface area is 90.8 Å². The lowest BCUT2D eigenvalue weighted by molar-refractivity contribution is -0.140. The maximum Gasteiger partial charge on any atom is 0.328 e. The minimum Gasteiger partial charge on any atom is -0.480 e. The third-order valence-electron chi connectivity index (χ3n) is 2.21. The van der Waals surface area contributed by atoms with Crippen molar-refractivity contribution in [2.75, 3.05) is 0 Å². The number of aromatic nitrogens is 2. The van der Waals surface area contributed by atoms with Gasteiger partial charge in [0, 0.05) is 11.8 Å². The van der Waals surface area contributed by atoms with Crippen LogP contribution < -0.4 is 0 Å². The Bertz CT molecular complexity index is 461. The standard InChI is InChI=1S/C10H10N2O2S/c1-7(10(13)14)12-5-9(4-11-12)8-2-3-15-6-8/h2-7H,1H3,(H,13,14)/t7-/m1/s1. The monoisotopic (exact) mass is 222 g/mol. The number of hydrogen-bond donors (Lipinski definition) is 1. The number of hydrogen-bond acceptors (Lipinski definition) is 3. The van der Waals surface area contributed by atoms with Crippen LogP contribution in [0.15, 0.2) is 29.2 Å². The summed E-state index contributed by atoms with van der Waals surface area (Å²) in [6.45, 7) is 1.60. The molecule has 2 rings (SSSR count). The summed E-state index contributed by atoms with van der Waals surface area (Å²) in [6, 6.07) is 1.36. The van der Waals surface area contributed by atoms with Gasteiger partial charge in [0.2, 0.25) is 0 Å². The van der Waals surface area contributed by atoms with E-state index in [2.05, 4.69) is 5.10 Å². The Balaban J connectivity index is 2.28. The highest BCUT2D eigenvalue weighted by molar-refractivity contribution is 7.08. The molecule has 0 bridgehead atoms. The van der Waals surface area contributed by atoms with E-state index in [1.54, 1.807) is 30.7 Å². The minimum absolute atomic E-state index is 0.627. The zero-order valence-corrected chi connectivity index (χ0v) is 8.94. The van der Waals surface area contributed by atoms with Crippen LogP contribution in [0.3, 0.4) is 0 Å². The molecule has 0 amide bonds. The average Bonchev–Trinajstić information content (AvgIpc) is 2.86. The number of rotatable bonds is 3. The molecule has 0 unspecified atom stereocenters. The van der Waals surface area contributed by atoms with Crippen LogP contribution in [0.5, 0.6) is 0 Å². The highest BCUT2D eigenvalue weighted by atomic mass is 32.1. The van der Waals surface area contributed by atoms with E-state index in [-0.39, 0.29) is 0 Å². The van der Waals surface area contributed by atoms with Gasteiger partial charge in [-0.2, -0.15) is 16.4 Å². The van der Waals surface area contributed by atoms with E-state index in [4.69, 9.17) is 5.11 Å². The van der Waals surface area contributed by atoms with Crippen molar-refractivity contribution in [1.29, 1.82) is 0 Å². The van der Waals surface area contributed by atoms with E-state index in [0.29, 0.717) is 0 Å². The van der Waals surface area contributed by atoms with Crippen molar-refractivity contribution in [2.45, 2.75) is 13.0 Å². The van der Waals surface area contributed by atoms with Gasteiger partial charge in [-0.3, -0.25) is 4.68 Å². The summed E-state index contributed by atoms with van der Waals surface area (Å²) in [4.78, 5) is 10.7. The highest BCUT2D eigenvalue weighted by Crippen LogP contribution is 2.22. The van der Waals surface area contributed by atoms with Crippen LogP contribution in [0.4, 0.5) is 0 Å². The van der Waals surface area contributed by atoms with E-state index in [0.717, 1.165) is 11.1 Å². The fourth-order valence-electron chi connectivity index (χ4n) is 1.24. The number of carboxylic acids is 1. The number of carboxylic acid groups (broad SMARTS) is 1. The third kappa shape index (κ3) is 1.92. The van der Waals surface area contributed by atoms with Gasteiger partial charge < -0.3 is 5.11 Å². The molecule has 4 nitrogen and oxygen atoms in total. The fourth-order valence-corrected chi connectivity index (χ4v) is 1.91. The quantitative estimate of drug-likeness (QED) is 0.866. The Morgan fingerprint density at radius 2 is 2.40 bits per heavy atom. The third-order valence-corrected chi connectivity index (χ3v) is 2.89. The van der Waals surface area contributed by atoms with Crippen LogP contribution in [0.2, 0.25) is 0 Å². The van der Waals surface area contributed by atoms with Crippen LogP contribution in [0.1, 0.15) is 13.0 Å². The second-order valence-electron chi connectivity index (χ2n) is 3.24. The predicted octanol–water partition coefficient (Wildman–Crippen LogP) is 2.26. The summed E-state index contributed by atoms with van der Waals surface area (Å²) < 4.78 is 1.45. The molecule has 2 aromatic heterocycles. The van der Waals surface area contributed by atoms with Crippen molar-refractivity contribution in [1.82, 2.24) is 9.78 Å². The summed E-state index contributed by atoms with van der Waals surface area (Å²) in [5.74, 6) is -0.880. The van der Waals surface area contributed by atoms with Gasteiger partial charge in [0.05, 0.1) is 6.20 Å². The lowest BCUT2D eigenvalue weighted by Gasteiger charge is -2.04. The number of aliphatic carboxylic acids is 1. The summed E-state index contributed by atoms with van der Waals surface area (Å²) in [6.07, 6.45) is 3.43. The molecule has 15 heavy (non-hydrogen) atoms. The van der Waals surface area contributed by atoms with Crippen LogP contribution in [0.25, 0.3) is 11.1 Å². The van der Waals surface area contributed by atoms with Gasteiger partial charge >= 0.3 is 5.97 Å². The number of carbonyl (C=O) groups is 1. The van der Waals surface area contributed by atoms with E-state index in [1.165, 1.54) is 4.68 Å². The van der Waals surface area contributed by atoms with Gasteiger partial charge in [-0.1, -0.05) is 0 Å². The maximum absolute atomic E-state index is 10.7. The second-order valence-corrected chi connectivity index (χ2v) is 4.02. The predicted molar refractivity (Wildman–Crippen MR) is 57.9 cm³/mol. The van der Waals surface area contributed by atoms with Gasteiger partial charge in [-0.15, -0.1) is 0 Å². The van der Waals surface area contributed by atoms with Crippen molar-refractivity contribution in [2.24, 2.45) is 0 Å². The molecule has 0 spiro atoms. The summed E-state index contributed by atoms with van der Waals surface area (Å²) >= 11 is 1.61. The normalized spacial score (nSPS) is 12.6. The molecule has 0 radical (unpaired) electrons. The van der Waals surface area contributed by atoms with Crippen LogP contribution in [0, 0.1) is 0 Å². The molecule has 2 aromatic rings. The molecule has 1 N–H and O–H groups in total. The highest BCUT2D eigenvalue weighted by Gasteiger charge is 2.14. The van der Waals surface area contributed by atoms with Crippen LogP contribution in [-0.2, 0) is 4.79 Å². The first kappa shape index (κ1) is 9.92. The molecule has 0 aliphatic heterocycles. The largest absolute Gasteiger partial charge is 0.480 e. The Morgan fingerprint density at radius 3 is 3.00 bits per heavy atom. The van der Waals surface area contributed by atoms with Crippen LogP contribution in [-0.4, -0.2) is 20.9 Å². The summed E-state index contributed by atoms with van der Waals surface area (Å²) in [5, 5.41) is 16.8. The molecule has 0 aliphatic carbocycles. The van der Waals surface area contributed by atoms with Gasteiger partial charge in [0.25, 0.3) is 0 Å². The first-order chi connectivity index (χ1) is 7.18. The first-order valence-corrected chi connectivity index (χ1v) is 5.42. The summed E-state index contributed by atoms with van der Waals surface area (Å²) in [5.41, 5.74) is 2.02. The SMILES string of the molecule is C[C@H](C(=O)O)n1cc(-c2ccsc2)cn1. The molecule has 1 atom stereocenters. The topological polar surface area (TPSA) is 55.1 Å². The molecular formula is C10H10N2O2S. The van der Waals surface area contributed by atoms with Gasteiger partial charge in [-0.05, 0) is 29.3 Å². The van der Waals surface area contributed by atoms with E-state index < -0.39 is 12.0 Å². The van der Waals surface area contributed by atoms with Crippen molar-refractivity contribution in [3.8, 4) is 11.1 Å². The van der Waals surface area contributed by atoms with E-state index >= 15 is 0 Å². The second kappa shape index (κ2) is 3.86. The van der Waals surface area contributed by atoms with Crippen molar-refractivity contribution in [3.63, 3.8) is 0 Å².